The topological polar surface area (TPSA) is 82.1 Å². The van der Waals surface area contributed by atoms with E-state index >= 15 is 0 Å². The van der Waals surface area contributed by atoms with E-state index in [0.29, 0.717) is 23.8 Å². The third-order valence-corrected chi connectivity index (χ3v) is 6.45. The normalized spacial score (nSPS) is 13.3. The summed E-state index contributed by atoms with van der Waals surface area (Å²) < 4.78 is 41.4. The third kappa shape index (κ3) is 3.10. The van der Waals surface area contributed by atoms with Crippen molar-refractivity contribution in [1.82, 2.24) is 4.31 Å². The summed E-state index contributed by atoms with van der Waals surface area (Å²) in [4.78, 5) is 12.5. The first-order valence-electron chi connectivity index (χ1n) is 7.08. The van der Waals surface area contributed by atoms with Crippen molar-refractivity contribution in [2.45, 2.75) is 11.8 Å². The van der Waals surface area contributed by atoms with Gasteiger partial charge < -0.3 is 14.2 Å². The van der Waals surface area contributed by atoms with E-state index in [-0.39, 0.29) is 16.6 Å². The van der Waals surface area contributed by atoms with E-state index in [1.165, 1.54) is 22.8 Å². The van der Waals surface area contributed by atoms with Crippen LogP contribution in [0.2, 0.25) is 0 Å². The van der Waals surface area contributed by atoms with Crippen molar-refractivity contribution in [3.63, 3.8) is 0 Å². The summed E-state index contributed by atoms with van der Waals surface area (Å²) in [6, 6.07) is 6.10. The Labute approximate surface area is 143 Å². The fourth-order valence-corrected chi connectivity index (χ4v) is 4.32. The van der Waals surface area contributed by atoms with E-state index in [4.69, 9.17) is 14.2 Å². The Morgan fingerprint density at radius 1 is 1.29 bits per heavy atom. The van der Waals surface area contributed by atoms with Gasteiger partial charge in [0.05, 0.1) is 4.90 Å². The molecule has 3 rings (SSSR count). The van der Waals surface area contributed by atoms with Crippen LogP contribution in [0.3, 0.4) is 0 Å². The molecule has 9 heteroatoms. The molecule has 0 saturated carbocycles. The Kier molecular flexibility index (Phi) is 4.48. The quantitative estimate of drug-likeness (QED) is 0.594. The van der Waals surface area contributed by atoms with E-state index in [9.17, 15) is 13.2 Å². The van der Waals surface area contributed by atoms with Gasteiger partial charge in [-0.15, -0.1) is 11.3 Å². The maximum Gasteiger partial charge on any atom is 0.353 e. The first-order valence-corrected chi connectivity index (χ1v) is 9.40. The van der Waals surface area contributed by atoms with Gasteiger partial charge in [0.2, 0.25) is 16.8 Å². The Balaban J connectivity index is 1.77. The summed E-state index contributed by atoms with van der Waals surface area (Å²) in [6.07, 6.45) is 0. The van der Waals surface area contributed by atoms with Crippen LogP contribution in [0.1, 0.15) is 16.6 Å². The molecule has 1 aromatic carbocycles. The van der Waals surface area contributed by atoms with Crippen molar-refractivity contribution in [3.05, 3.63) is 34.5 Å². The number of carbonyl (C=O) groups excluding carboxylic acids is 1. The van der Waals surface area contributed by atoms with Crippen LogP contribution >= 0.6 is 11.3 Å². The van der Waals surface area contributed by atoms with Crippen molar-refractivity contribution in [1.29, 1.82) is 0 Å². The minimum atomic E-state index is -3.58. The van der Waals surface area contributed by atoms with Crippen LogP contribution in [0.25, 0.3) is 0 Å². The molecule has 128 valence electrons. The number of nitrogens with zero attached hydrogens (tertiary/aromatic N) is 1. The maximum atomic E-state index is 12.2. The molecule has 0 atom stereocenters. The first kappa shape index (κ1) is 16.7. The molecule has 1 aliphatic heterocycles. The minimum absolute atomic E-state index is 0.0782. The second kappa shape index (κ2) is 6.42. The Bertz CT molecular complexity index is 874. The van der Waals surface area contributed by atoms with Gasteiger partial charge in [0.25, 0.3) is 0 Å². The summed E-state index contributed by atoms with van der Waals surface area (Å²) in [7, 11) is -2.10. The van der Waals surface area contributed by atoms with Crippen molar-refractivity contribution in [3.8, 4) is 17.2 Å². The van der Waals surface area contributed by atoms with Crippen LogP contribution in [0.15, 0.2) is 34.5 Å². The van der Waals surface area contributed by atoms with Gasteiger partial charge in [-0.3, -0.25) is 0 Å². The standard InChI is InChI=1S/C15H15NO6S2/c1-3-16(2)24(18,19)11-7-14(23-8-11)15(17)22-10-4-5-12-13(6-10)21-9-20-12/h4-8H,3,9H2,1-2H3. The highest BCUT2D eigenvalue weighted by molar-refractivity contribution is 7.89. The minimum Gasteiger partial charge on any atom is -0.454 e. The van der Waals surface area contributed by atoms with Crippen LogP contribution in [0, 0.1) is 0 Å². The van der Waals surface area contributed by atoms with Gasteiger partial charge in [0.1, 0.15) is 10.6 Å². The zero-order valence-corrected chi connectivity index (χ0v) is 14.6. The highest BCUT2D eigenvalue weighted by atomic mass is 32.2. The molecule has 0 fully saturated rings. The smallest absolute Gasteiger partial charge is 0.353 e. The van der Waals surface area contributed by atoms with Gasteiger partial charge >= 0.3 is 5.97 Å². The monoisotopic (exact) mass is 369 g/mol. The number of ether oxygens (including phenoxy) is 3. The van der Waals surface area contributed by atoms with Gasteiger partial charge in [0, 0.05) is 25.0 Å². The zero-order chi connectivity index (χ0) is 17.3. The lowest BCUT2D eigenvalue weighted by Gasteiger charge is -2.12. The SMILES string of the molecule is CCN(C)S(=O)(=O)c1csc(C(=O)Oc2ccc3c(c2)OCO3)c1. The van der Waals surface area contributed by atoms with Crippen molar-refractivity contribution < 1.29 is 27.4 Å². The molecule has 0 amide bonds. The van der Waals surface area contributed by atoms with E-state index in [1.807, 2.05) is 0 Å². The second-order valence-corrected chi connectivity index (χ2v) is 7.93. The molecule has 0 aliphatic carbocycles. The first-order chi connectivity index (χ1) is 11.4. The lowest BCUT2D eigenvalue weighted by Crippen LogP contribution is -2.26. The molecule has 0 spiro atoms. The number of benzene rings is 1. The van der Waals surface area contributed by atoms with E-state index < -0.39 is 16.0 Å². The van der Waals surface area contributed by atoms with Crippen LogP contribution in [0.5, 0.6) is 17.2 Å². The van der Waals surface area contributed by atoms with Crippen molar-refractivity contribution in [2.24, 2.45) is 0 Å². The molecule has 0 radical (unpaired) electrons. The largest absolute Gasteiger partial charge is 0.454 e. The Hall–Kier alpha value is -2.10. The third-order valence-electron chi connectivity index (χ3n) is 3.48. The molecular formula is C15H15NO6S2. The predicted octanol–water partition coefficient (Wildman–Crippen LogP) is 2.34. The molecule has 1 aromatic heterocycles. The molecule has 0 N–H and O–H groups in total. The molecule has 0 bridgehead atoms. The van der Waals surface area contributed by atoms with Gasteiger partial charge in [-0.1, -0.05) is 6.92 Å². The van der Waals surface area contributed by atoms with Crippen LogP contribution in [-0.4, -0.2) is 39.1 Å². The number of esters is 1. The van der Waals surface area contributed by atoms with E-state index in [1.54, 1.807) is 25.1 Å². The second-order valence-electron chi connectivity index (χ2n) is 4.97. The van der Waals surface area contributed by atoms with Gasteiger partial charge in [-0.25, -0.2) is 17.5 Å². The van der Waals surface area contributed by atoms with E-state index in [2.05, 4.69) is 0 Å². The fourth-order valence-electron chi connectivity index (χ4n) is 2.01. The predicted molar refractivity (Wildman–Crippen MR) is 87.3 cm³/mol. The van der Waals surface area contributed by atoms with Gasteiger partial charge in [0.15, 0.2) is 11.5 Å². The molecular weight excluding hydrogens is 354 g/mol. The van der Waals surface area contributed by atoms with Crippen LogP contribution in [-0.2, 0) is 10.0 Å². The van der Waals surface area contributed by atoms with Crippen LogP contribution < -0.4 is 14.2 Å². The molecule has 7 nitrogen and oxygen atoms in total. The highest BCUT2D eigenvalue weighted by Crippen LogP contribution is 2.35. The number of rotatable bonds is 5. The lowest BCUT2D eigenvalue weighted by molar-refractivity contribution is 0.0739. The number of sulfonamides is 1. The number of hydrogen-bond donors (Lipinski definition) is 0. The lowest BCUT2D eigenvalue weighted by atomic mass is 10.3. The Morgan fingerprint density at radius 3 is 2.79 bits per heavy atom. The van der Waals surface area contributed by atoms with Crippen LogP contribution in [0.4, 0.5) is 0 Å². The number of fused-ring (bicyclic) bond motifs is 1. The number of thiophene rings is 1. The molecule has 2 aromatic rings. The molecule has 24 heavy (non-hydrogen) atoms. The maximum absolute atomic E-state index is 12.2. The summed E-state index contributed by atoms with van der Waals surface area (Å²) in [5, 5.41) is 1.43. The van der Waals surface area contributed by atoms with Gasteiger partial charge in [-0.2, -0.15) is 0 Å². The Morgan fingerprint density at radius 2 is 2.04 bits per heavy atom. The summed E-state index contributed by atoms with van der Waals surface area (Å²) in [5.41, 5.74) is 0. The molecule has 0 saturated heterocycles. The van der Waals surface area contributed by atoms with E-state index in [0.717, 1.165) is 11.3 Å². The average molecular weight is 369 g/mol. The van der Waals surface area contributed by atoms with Gasteiger partial charge in [-0.05, 0) is 18.2 Å². The summed E-state index contributed by atoms with van der Waals surface area (Å²) in [6.45, 7) is 2.21. The zero-order valence-electron chi connectivity index (χ0n) is 13.0. The average Bonchev–Trinajstić information content (AvgIpc) is 3.22. The molecule has 0 unspecified atom stereocenters. The molecule has 1 aliphatic rings. The van der Waals surface area contributed by atoms with Crippen molar-refractivity contribution >= 4 is 27.3 Å². The molecule has 2 heterocycles. The fraction of sp³-hybridized carbons (Fsp3) is 0.267. The summed E-state index contributed by atoms with van der Waals surface area (Å²) in [5.74, 6) is 0.758. The number of hydrogen-bond acceptors (Lipinski definition) is 7. The highest BCUT2D eigenvalue weighted by Gasteiger charge is 2.23. The number of carbonyl (C=O) groups is 1. The summed E-state index contributed by atoms with van der Waals surface area (Å²) >= 11 is 1.02. The van der Waals surface area contributed by atoms with Crippen molar-refractivity contribution in [2.75, 3.05) is 20.4 Å².